The first-order chi connectivity index (χ1) is 16.4. The molecule has 8 heteroatoms. The molecule has 1 amide bonds. The molecule has 4 aromatic rings. The highest BCUT2D eigenvalue weighted by molar-refractivity contribution is 6.08. The van der Waals surface area contributed by atoms with E-state index < -0.39 is 5.91 Å². The molecule has 0 radical (unpaired) electrons. The maximum atomic E-state index is 13.4. The summed E-state index contributed by atoms with van der Waals surface area (Å²) in [6.45, 7) is 3.44. The van der Waals surface area contributed by atoms with Gasteiger partial charge in [-0.15, -0.1) is 0 Å². The number of benzene rings is 2. The minimum atomic E-state index is -0.585. The van der Waals surface area contributed by atoms with E-state index in [1.807, 2.05) is 25.2 Å². The largest absolute Gasteiger partial charge is 0.395 e. The molecule has 0 saturated carbocycles. The second-order valence-corrected chi connectivity index (χ2v) is 8.25. The Balaban J connectivity index is 1.80. The Kier molecular flexibility index (Phi) is 6.90. The third-order valence-electron chi connectivity index (χ3n) is 5.89. The van der Waals surface area contributed by atoms with Crippen LogP contribution in [0.4, 0.5) is 15.8 Å². The number of rotatable bonds is 9. The number of aliphatic hydroxyl groups excluding tert-OH is 1. The first-order valence-electron chi connectivity index (χ1n) is 11.2. The number of nitrogens with two attached hydrogens (primary N) is 1. The van der Waals surface area contributed by atoms with E-state index in [9.17, 15) is 14.3 Å². The molecule has 0 saturated heterocycles. The molecule has 7 nitrogen and oxygen atoms in total. The summed E-state index contributed by atoms with van der Waals surface area (Å²) in [7, 11) is 1.96. The number of primary amides is 1. The lowest BCUT2D eigenvalue weighted by Gasteiger charge is -2.21. The molecule has 4 rings (SSSR count). The van der Waals surface area contributed by atoms with Gasteiger partial charge >= 0.3 is 0 Å². The second kappa shape index (κ2) is 10.0. The van der Waals surface area contributed by atoms with E-state index in [-0.39, 0.29) is 18.0 Å². The van der Waals surface area contributed by atoms with E-state index >= 15 is 0 Å². The number of likely N-dealkylation sites (N-methyl/N-ethyl adjacent to an activating group) is 1. The van der Waals surface area contributed by atoms with Crippen molar-refractivity contribution >= 4 is 28.3 Å². The molecule has 0 aliphatic carbocycles. The standard InChI is InChI=1S/C26H28FN5O2/c1-3-19-17(15-32(2)11-12-33)5-4-6-22(19)30-24-20-13-23(16-7-9-18(27)10-8-16)31-26(20)29-14-21(24)25(28)34/h4-10,13-14,33H,3,11-12,15H2,1-2H3,(H2,28,34)(H2,29,30,31). The molecule has 0 fully saturated rings. The summed E-state index contributed by atoms with van der Waals surface area (Å²) in [4.78, 5) is 22.0. The quantitative estimate of drug-likeness (QED) is 0.299. The SMILES string of the molecule is CCc1c(CN(C)CCO)cccc1Nc1c(C(N)=O)cnc2[nH]c(-c3ccc(F)cc3)cc12. The lowest BCUT2D eigenvalue weighted by atomic mass is 10.0. The van der Waals surface area contributed by atoms with E-state index in [0.29, 0.717) is 29.8 Å². The van der Waals surface area contributed by atoms with Crippen LogP contribution in [0.3, 0.4) is 0 Å². The fourth-order valence-corrected chi connectivity index (χ4v) is 4.17. The van der Waals surface area contributed by atoms with Crippen LogP contribution in [0, 0.1) is 5.82 Å². The summed E-state index contributed by atoms with van der Waals surface area (Å²) in [5.74, 6) is -0.897. The number of amides is 1. The number of carbonyl (C=O) groups is 1. The number of aromatic nitrogens is 2. The zero-order valence-corrected chi connectivity index (χ0v) is 19.2. The van der Waals surface area contributed by atoms with E-state index in [4.69, 9.17) is 5.73 Å². The maximum absolute atomic E-state index is 13.4. The number of carbonyl (C=O) groups excluding carboxylic acids is 1. The average molecular weight is 462 g/mol. The Bertz CT molecular complexity index is 1320. The van der Waals surface area contributed by atoms with E-state index in [0.717, 1.165) is 34.5 Å². The zero-order chi connectivity index (χ0) is 24.2. The third-order valence-corrected chi connectivity index (χ3v) is 5.89. The van der Waals surface area contributed by atoms with Gasteiger partial charge in [0.2, 0.25) is 0 Å². The molecule has 0 aliphatic heterocycles. The predicted octanol–water partition coefficient (Wildman–Crippen LogP) is 4.20. The molecule has 2 aromatic carbocycles. The lowest BCUT2D eigenvalue weighted by molar-refractivity contribution is 0.100. The van der Waals surface area contributed by atoms with Crippen LogP contribution in [0.2, 0.25) is 0 Å². The molecule has 2 heterocycles. The molecule has 0 atom stereocenters. The molecule has 5 N–H and O–H groups in total. The summed E-state index contributed by atoms with van der Waals surface area (Å²) in [6, 6.07) is 14.1. The number of pyridine rings is 1. The van der Waals surface area contributed by atoms with Gasteiger partial charge in [0.25, 0.3) is 5.91 Å². The van der Waals surface area contributed by atoms with Crippen molar-refractivity contribution in [3.05, 3.63) is 77.2 Å². The highest BCUT2D eigenvalue weighted by Crippen LogP contribution is 2.34. The van der Waals surface area contributed by atoms with Gasteiger partial charge in [0.05, 0.1) is 17.9 Å². The van der Waals surface area contributed by atoms with Gasteiger partial charge in [-0.05, 0) is 66.6 Å². The Morgan fingerprint density at radius 1 is 1.24 bits per heavy atom. The first kappa shape index (κ1) is 23.4. The van der Waals surface area contributed by atoms with Gasteiger partial charge in [0, 0.05) is 36.1 Å². The van der Waals surface area contributed by atoms with Crippen LogP contribution >= 0.6 is 0 Å². The number of anilines is 2. The van der Waals surface area contributed by atoms with Crippen molar-refractivity contribution < 1.29 is 14.3 Å². The number of fused-ring (bicyclic) bond motifs is 1. The van der Waals surface area contributed by atoms with Crippen LogP contribution in [0.1, 0.15) is 28.4 Å². The van der Waals surface area contributed by atoms with E-state index in [2.05, 4.69) is 33.2 Å². The number of hydrogen-bond acceptors (Lipinski definition) is 5. The summed E-state index contributed by atoms with van der Waals surface area (Å²) < 4.78 is 13.4. The molecule has 0 aliphatic rings. The van der Waals surface area contributed by atoms with Crippen molar-refractivity contribution in [2.75, 3.05) is 25.5 Å². The van der Waals surface area contributed by atoms with Gasteiger partial charge in [0.15, 0.2) is 0 Å². The second-order valence-electron chi connectivity index (χ2n) is 8.25. The van der Waals surface area contributed by atoms with Gasteiger partial charge in [-0.1, -0.05) is 19.1 Å². The first-order valence-corrected chi connectivity index (χ1v) is 11.2. The maximum Gasteiger partial charge on any atom is 0.252 e. The number of H-pyrrole nitrogens is 1. The van der Waals surface area contributed by atoms with E-state index in [1.165, 1.54) is 18.3 Å². The third kappa shape index (κ3) is 4.78. The molecular weight excluding hydrogens is 433 g/mol. The van der Waals surface area contributed by atoms with Crippen LogP contribution < -0.4 is 11.1 Å². The number of hydrogen-bond donors (Lipinski definition) is 4. The highest BCUT2D eigenvalue weighted by atomic mass is 19.1. The van der Waals surface area contributed by atoms with Gasteiger partial charge in [0.1, 0.15) is 11.5 Å². The van der Waals surface area contributed by atoms with Crippen molar-refractivity contribution in [2.24, 2.45) is 5.73 Å². The highest BCUT2D eigenvalue weighted by Gasteiger charge is 2.18. The molecule has 0 bridgehead atoms. The molecule has 2 aromatic heterocycles. The molecule has 176 valence electrons. The minimum Gasteiger partial charge on any atom is -0.395 e. The smallest absolute Gasteiger partial charge is 0.252 e. The van der Waals surface area contributed by atoms with Crippen molar-refractivity contribution in [1.82, 2.24) is 14.9 Å². The number of aromatic amines is 1. The number of nitrogens with one attached hydrogen (secondary N) is 2. The fraction of sp³-hybridized carbons (Fsp3) is 0.231. The van der Waals surface area contributed by atoms with Crippen molar-refractivity contribution in [1.29, 1.82) is 0 Å². The van der Waals surface area contributed by atoms with Crippen LogP contribution in [-0.2, 0) is 13.0 Å². The summed E-state index contributed by atoms with van der Waals surface area (Å²) in [6.07, 6.45) is 2.24. The summed E-state index contributed by atoms with van der Waals surface area (Å²) in [5.41, 5.74) is 11.8. The van der Waals surface area contributed by atoms with Gasteiger partial charge < -0.3 is 21.1 Å². The molecule has 34 heavy (non-hydrogen) atoms. The van der Waals surface area contributed by atoms with Crippen LogP contribution in [0.5, 0.6) is 0 Å². The van der Waals surface area contributed by atoms with Crippen molar-refractivity contribution in [2.45, 2.75) is 19.9 Å². The zero-order valence-electron chi connectivity index (χ0n) is 19.2. The lowest BCUT2D eigenvalue weighted by Crippen LogP contribution is -2.22. The molecular formula is C26H28FN5O2. The van der Waals surface area contributed by atoms with Gasteiger partial charge in [-0.2, -0.15) is 0 Å². The monoisotopic (exact) mass is 461 g/mol. The number of aliphatic hydroxyl groups is 1. The average Bonchev–Trinajstić information content (AvgIpc) is 3.25. The minimum absolute atomic E-state index is 0.0940. The van der Waals surface area contributed by atoms with E-state index in [1.54, 1.807) is 12.1 Å². The van der Waals surface area contributed by atoms with Crippen molar-refractivity contribution in [3.63, 3.8) is 0 Å². The number of nitrogens with zero attached hydrogens (tertiary/aromatic N) is 2. The fourth-order valence-electron chi connectivity index (χ4n) is 4.17. The molecule has 0 unspecified atom stereocenters. The topological polar surface area (TPSA) is 107 Å². The Hall–Kier alpha value is -3.75. The Morgan fingerprint density at radius 2 is 2.00 bits per heavy atom. The normalized spacial score (nSPS) is 11.3. The Morgan fingerprint density at radius 3 is 2.68 bits per heavy atom. The summed E-state index contributed by atoms with van der Waals surface area (Å²) >= 11 is 0. The summed E-state index contributed by atoms with van der Waals surface area (Å²) in [5, 5.41) is 13.4. The van der Waals surface area contributed by atoms with Crippen LogP contribution in [0.15, 0.2) is 54.7 Å². The molecule has 0 spiro atoms. The van der Waals surface area contributed by atoms with Crippen LogP contribution in [0.25, 0.3) is 22.3 Å². The van der Waals surface area contributed by atoms with Crippen molar-refractivity contribution in [3.8, 4) is 11.3 Å². The van der Waals surface area contributed by atoms with Gasteiger partial charge in [-0.25, -0.2) is 9.37 Å². The van der Waals surface area contributed by atoms with Crippen LogP contribution in [-0.4, -0.2) is 46.1 Å². The Labute approximate surface area is 197 Å². The number of halogens is 1. The van der Waals surface area contributed by atoms with Gasteiger partial charge in [-0.3, -0.25) is 9.69 Å². The predicted molar refractivity (Wildman–Crippen MR) is 133 cm³/mol.